The summed E-state index contributed by atoms with van der Waals surface area (Å²) in [6.07, 6.45) is 45.0. The molecular weight excluding hydrogens is 1490 g/mol. The lowest BCUT2D eigenvalue weighted by Gasteiger charge is -2.23. The standard InChI is InChI=1S/C85H160N4O22P2/c1-9-15-21-27-30-33-36-42-48-54-76(109-80(95)56-50-44-38-35-32-29-23-17-11-3)66-78(93)89-72(68-103-62-58-74(91)52-46-40-25-19-13-5)70-107-113(100,101)105-64-60-87-84(97)82-81(110-85(7,8)111-82)83(96)86-59-63-104-112(98,99)106-69-71(67-102-61-57-73(90)51-45-39-24-18-12-4)88-77(92)65-75(53-47-41-26-20-14-6)108-79(94)55-49-43-37-34-31-28-22-16-10-2/h34-35,37-38,71-76,81-82,90-91H,9-33,36,39-70H2,1-8H3,(H,86,96)(H,87,97)(H,88,92)(H,89,93)(H,98,99)(H,100,101)/b37-34+,38-35+/t71?,72?,73-,74-,75-,76+,81?,82?/m1/s1. The maximum absolute atomic E-state index is 13.9. The minimum absolute atomic E-state index is 0.132. The van der Waals surface area contributed by atoms with Gasteiger partial charge in [-0.25, -0.2) is 9.13 Å². The second-order valence-electron chi connectivity index (χ2n) is 31.1. The van der Waals surface area contributed by atoms with Crippen LogP contribution in [0.3, 0.4) is 0 Å². The Balaban J connectivity index is 3.08. The van der Waals surface area contributed by atoms with Crippen LogP contribution in [0.2, 0.25) is 0 Å². The lowest BCUT2D eigenvalue weighted by atomic mass is 10.0. The van der Waals surface area contributed by atoms with Crippen LogP contribution in [0.1, 0.15) is 364 Å². The number of amides is 4. The number of aliphatic hydroxyl groups excluding tert-OH is 2. The molecule has 0 aliphatic carbocycles. The number of phosphoric ester groups is 2. The first-order valence-corrected chi connectivity index (χ1v) is 47.3. The van der Waals surface area contributed by atoms with Crippen LogP contribution in [-0.2, 0) is 84.4 Å². The molecule has 1 aliphatic rings. The molecule has 26 nitrogen and oxygen atoms in total. The van der Waals surface area contributed by atoms with E-state index in [1.165, 1.54) is 78.1 Å². The number of carbonyl (C=O) groups is 6. The monoisotopic (exact) mass is 1650 g/mol. The SMILES string of the molecule is CCCCCC/C=C/CCCC(=O)O[C@H](CCCCCCC)CC(=O)NC(COCC[C@H](O)CCCCCCC)COP(=O)(O)OCCNC(=O)C1OC(C)(C)OC1C(=O)NCCOP(=O)(O)OCC(COCC[C@H](O)CCCCCCC)NC(=O)C[C@H](CCCCCCCCCCC)OC(=O)CCC/C=C/CCCCCC. The summed E-state index contributed by atoms with van der Waals surface area (Å²) in [5.74, 6) is -4.90. The summed E-state index contributed by atoms with van der Waals surface area (Å²) in [4.78, 5) is 103. The van der Waals surface area contributed by atoms with E-state index in [1.807, 2.05) is 0 Å². The third-order valence-electron chi connectivity index (χ3n) is 19.6. The van der Waals surface area contributed by atoms with Crippen LogP contribution in [0.15, 0.2) is 24.3 Å². The summed E-state index contributed by atoms with van der Waals surface area (Å²) >= 11 is 0. The first kappa shape index (κ1) is 107. The van der Waals surface area contributed by atoms with Crippen molar-refractivity contribution >= 4 is 51.2 Å². The summed E-state index contributed by atoms with van der Waals surface area (Å²) in [6.45, 7) is 12.9. The van der Waals surface area contributed by atoms with Crippen molar-refractivity contribution in [3.8, 4) is 0 Å². The van der Waals surface area contributed by atoms with Crippen molar-refractivity contribution in [2.45, 2.75) is 418 Å². The van der Waals surface area contributed by atoms with E-state index in [4.69, 9.17) is 46.5 Å². The largest absolute Gasteiger partial charge is 0.472 e. The first-order valence-electron chi connectivity index (χ1n) is 44.4. The highest BCUT2D eigenvalue weighted by molar-refractivity contribution is 7.47. The number of esters is 2. The van der Waals surface area contributed by atoms with Gasteiger partial charge in [0.2, 0.25) is 11.8 Å². The molecule has 0 aromatic heterocycles. The van der Waals surface area contributed by atoms with Crippen molar-refractivity contribution in [3.05, 3.63) is 24.3 Å². The Bertz CT molecular complexity index is 2550. The number of allylic oxidation sites excluding steroid dienone is 4. The van der Waals surface area contributed by atoms with Crippen molar-refractivity contribution in [3.63, 3.8) is 0 Å². The fourth-order valence-electron chi connectivity index (χ4n) is 13.0. The zero-order valence-corrected chi connectivity index (χ0v) is 73.3. The molecule has 1 saturated heterocycles. The van der Waals surface area contributed by atoms with Gasteiger partial charge < -0.3 is 69.7 Å². The van der Waals surface area contributed by atoms with Gasteiger partial charge in [-0.1, -0.05) is 246 Å². The number of unbranched alkanes of at least 4 members (excludes halogenated alkanes) is 30. The average Bonchev–Trinajstić information content (AvgIpc) is 1.66. The minimum atomic E-state index is -4.88. The molecule has 0 radical (unpaired) electrons. The summed E-state index contributed by atoms with van der Waals surface area (Å²) < 4.78 is 83.2. The van der Waals surface area contributed by atoms with Crippen LogP contribution in [0, 0.1) is 0 Å². The molecule has 0 spiro atoms. The van der Waals surface area contributed by atoms with Gasteiger partial charge in [-0.05, 0) is 117 Å². The van der Waals surface area contributed by atoms with Crippen molar-refractivity contribution in [1.82, 2.24) is 21.3 Å². The molecule has 28 heteroatoms. The summed E-state index contributed by atoms with van der Waals surface area (Å²) in [5.41, 5.74) is 0. The molecule has 662 valence electrons. The molecule has 0 aromatic carbocycles. The molecule has 1 fully saturated rings. The molecule has 8 N–H and O–H groups in total. The second kappa shape index (κ2) is 71.2. The van der Waals surface area contributed by atoms with Crippen molar-refractivity contribution < 1.29 is 104 Å². The summed E-state index contributed by atoms with van der Waals surface area (Å²) in [7, 11) is -9.75. The first-order chi connectivity index (χ1) is 54.4. The van der Waals surface area contributed by atoms with Gasteiger partial charge in [0, 0.05) is 39.1 Å². The molecule has 6 unspecified atom stereocenters. The third-order valence-corrected chi connectivity index (χ3v) is 21.6. The Hall–Kier alpha value is -3.72. The maximum atomic E-state index is 13.9. The van der Waals surface area contributed by atoms with E-state index < -0.39 is 126 Å². The predicted molar refractivity (Wildman–Crippen MR) is 445 cm³/mol. The zero-order valence-electron chi connectivity index (χ0n) is 71.5. The molecule has 0 saturated carbocycles. The van der Waals surface area contributed by atoms with E-state index in [0.29, 0.717) is 51.4 Å². The Morgan fingerprint density at radius 2 is 0.690 bits per heavy atom. The highest BCUT2D eigenvalue weighted by Crippen LogP contribution is 2.44. The number of carbonyl (C=O) groups excluding carboxylic acids is 6. The van der Waals surface area contributed by atoms with E-state index in [-0.39, 0.29) is 71.2 Å². The van der Waals surface area contributed by atoms with E-state index >= 15 is 0 Å². The zero-order chi connectivity index (χ0) is 83.3. The fraction of sp³-hybridized carbons (Fsp3) is 0.882. The Kier molecular flexibility index (Phi) is 67.6. The summed E-state index contributed by atoms with van der Waals surface area (Å²) in [5, 5.41) is 32.0. The van der Waals surface area contributed by atoms with Crippen LogP contribution >= 0.6 is 15.6 Å². The van der Waals surface area contributed by atoms with Crippen LogP contribution in [0.4, 0.5) is 0 Å². The molecule has 0 bridgehead atoms. The van der Waals surface area contributed by atoms with Crippen molar-refractivity contribution in [1.29, 1.82) is 0 Å². The van der Waals surface area contributed by atoms with Crippen LogP contribution in [0.5, 0.6) is 0 Å². The lowest BCUT2D eigenvalue weighted by Crippen LogP contribution is -2.48. The molecule has 113 heavy (non-hydrogen) atoms. The Labute approximate surface area is 682 Å². The molecule has 4 amide bonds. The number of ether oxygens (including phenoxy) is 6. The number of aliphatic hydroxyl groups is 2. The lowest BCUT2D eigenvalue weighted by molar-refractivity contribution is -0.159. The molecule has 1 rings (SSSR count). The Morgan fingerprint density at radius 3 is 1.03 bits per heavy atom. The van der Waals surface area contributed by atoms with Gasteiger partial charge in [0.05, 0.1) is 76.8 Å². The number of hydrogen-bond acceptors (Lipinski definition) is 20. The van der Waals surface area contributed by atoms with E-state index in [9.17, 15) is 57.9 Å². The average molecular weight is 1650 g/mol. The quantitative estimate of drug-likeness (QED) is 0.0121. The van der Waals surface area contributed by atoms with E-state index in [2.05, 4.69) is 87.1 Å². The molecule has 0 aromatic rings. The maximum Gasteiger partial charge on any atom is 0.472 e. The molecule has 10 atom stereocenters. The highest BCUT2D eigenvalue weighted by Gasteiger charge is 2.49. The third kappa shape index (κ3) is 64.0. The number of hydrogen-bond donors (Lipinski definition) is 8. The minimum Gasteiger partial charge on any atom is -0.462 e. The van der Waals surface area contributed by atoms with Gasteiger partial charge in [0.25, 0.3) is 11.8 Å². The number of nitrogens with one attached hydrogen (secondary N) is 4. The second-order valence-corrected chi connectivity index (χ2v) is 34.0. The van der Waals surface area contributed by atoms with Gasteiger partial charge in [-0.2, -0.15) is 0 Å². The van der Waals surface area contributed by atoms with Gasteiger partial charge >= 0.3 is 27.6 Å². The number of phosphoric acid groups is 2. The molecular formula is C85H160N4O22P2. The van der Waals surface area contributed by atoms with Crippen LogP contribution in [0.25, 0.3) is 0 Å². The van der Waals surface area contributed by atoms with Gasteiger partial charge in [0.15, 0.2) is 18.0 Å². The van der Waals surface area contributed by atoms with Crippen LogP contribution in [-0.4, -0.2) is 176 Å². The molecule has 1 heterocycles. The van der Waals surface area contributed by atoms with Crippen molar-refractivity contribution in [2.24, 2.45) is 0 Å². The highest BCUT2D eigenvalue weighted by atomic mass is 31.2. The summed E-state index contributed by atoms with van der Waals surface area (Å²) in [6, 6.07) is -1.97. The number of rotatable bonds is 80. The fourth-order valence-corrected chi connectivity index (χ4v) is 14.5. The predicted octanol–water partition coefficient (Wildman–Crippen LogP) is 17.5. The van der Waals surface area contributed by atoms with Gasteiger partial charge in [-0.3, -0.25) is 46.9 Å². The van der Waals surface area contributed by atoms with E-state index in [0.717, 1.165) is 167 Å². The smallest absolute Gasteiger partial charge is 0.462 e. The van der Waals surface area contributed by atoms with Gasteiger partial charge in [0.1, 0.15) is 12.2 Å². The van der Waals surface area contributed by atoms with Crippen molar-refractivity contribution in [2.75, 3.05) is 65.9 Å². The molecule has 1 aliphatic heterocycles. The Morgan fingerprint density at radius 1 is 0.389 bits per heavy atom. The van der Waals surface area contributed by atoms with E-state index in [1.54, 1.807) is 0 Å². The van der Waals surface area contributed by atoms with Gasteiger partial charge in [-0.15, -0.1) is 0 Å². The topological polar surface area (TPSA) is 358 Å². The van der Waals surface area contributed by atoms with Crippen LogP contribution < -0.4 is 21.3 Å². The normalized spacial score (nSPS) is 17.0.